The molecule has 1 aliphatic rings. The van der Waals surface area contributed by atoms with E-state index >= 15 is 0 Å². The maximum atomic E-state index is 12.6. The number of aliphatic hydroxyl groups is 1. The second-order valence-electron chi connectivity index (χ2n) is 5.14. The summed E-state index contributed by atoms with van der Waals surface area (Å²) >= 11 is 0. The van der Waals surface area contributed by atoms with Crippen molar-refractivity contribution in [2.24, 2.45) is 5.92 Å². The van der Waals surface area contributed by atoms with Crippen LogP contribution in [-0.2, 0) is 10.0 Å². The summed E-state index contributed by atoms with van der Waals surface area (Å²) in [5.41, 5.74) is 1.14. The molecule has 1 saturated heterocycles. The minimum Gasteiger partial charge on any atom is -0.396 e. The average molecular weight is 294 g/mol. The first-order valence-corrected chi connectivity index (χ1v) is 8.05. The summed E-state index contributed by atoms with van der Waals surface area (Å²) in [5.74, 6) is 0.0120. The number of hydrogen-bond donors (Lipinski definition) is 1. The lowest BCUT2D eigenvalue weighted by Gasteiger charge is -2.31. The van der Waals surface area contributed by atoms with Gasteiger partial charge in [0.15, 0.2) is 0 Å². The minimum atomic E-state index is -3.54. The van der Waals surface area contributed by atoms with Crippen LogP contribution >= 0.6 is 0 Å². The lowest BCUT2D eigenvalue weighted by atomic mass is 10.0. The predicted octanol–water partition coefficient (Wildman–Crippen LogP) is 1.26. The van der Waals surface area contributed by atoms with Crippen LogP contribution in [0.1, 0.15) is 24.0 Å². The molecule has 0 spiro atoms. The van der Waals surface area contributed by atoms with E-state index in [0.29, 0.717) is 24.2 Å². The van der Waals surface area contributed by atoms with E-state index in [9.17, 15) is 13.5 Å². The van der Waals surface area contributed by atoms with Crippen molar-refractivity contribution in [3.05, 3.63) is 29.3 Å². The molecule has 1 fully saturated rings. The molecule has 20 heavy (non-hydrogen) atoms. The molecule has 0 radical (unpaired) electrons. The SMILES string of the molecule is Cc1cc(S(=O)(=O)N2CCCC(CO)C2)ccc1C#N. The van der Waals surface area contributed by atoms with Gasteiger partial charge >= 0.3 is 0 Å². The largest absolute Gasteiger partial charge is 0.396 e. The van der Waals surface area contributed by atoms with Crippen LogP contribution in [0.15, 0.2) is 23.1 Å². The fourth-order valence-corrected chi connectivity index (χ4v) is 4.11. The molecule has 1 N–H and O–H groups in total. The van der Waals surface area contributed by atoms with E-state index in [4.69, 9.17) is 5.26 Å². The Labute approximate surface area is 119 Å². The molecule has 0 aliphatic carbocycles. The Balaban J connectivity index is 2.31. The molecule has 1 heterocycles. The first-order valence-electron chi connectivity index (χ1n) is 6.61. The number of nitriles is 1. The van der Waals surface area contributed by atoms with Gasteiger partial charge in [-0.25, -0.2) is 8.42 Å². The van der Waals surface area contributed by atoms with Crippen molar-refractivity contribution in [2.45, 2.75) is 24.7 Å². The number of benzene rings is 1. The summed E-state index contributed by atoms with van der Waals surface area (Å²) < 4.78 is 26.6. The van der Waals surface area contributed by atoms with Gasteiger partial charge in [0.05, 0.1) is 16.5 Å². The van der Waals surface area contributed by atoms with Crippen molar-refractivity contribution in [3.8, 4) is 6.07 Å². The summed E-state index contributed by atoms with van der Waals surface area (Å²) in [5, 5.41) is 18.1. The van der Waals surface area contributed by atoms with Gasteiger partial charge in [-0.1, -0.05) is 0 Å². The van der Waals surface area contributed by atoms with Gasteiger partial charge in [0.1, 0.15) is 0 Å². The third kappa shape index (κ3) is 2.85. The van der Waals surface area contributed by atoms with Crippen LogP contribution in [0.25, 0.3) is 0 Å². The molecule has 1 atom stereocenters. The molecule has 6 heteroatoms. The summed E-state index contributed by atoms with van der Waals surface area (Å²) in [7, 11) is -3.54. The molecule has 1 unspecified atom stereocenters. The molecule has 0 bridgehead atoms. The summed E-state index contributed by atoms with van der Waals surface area (Å²) in [6.07, 6.45) is 1.62. The molecule has 1 aromatic carbocycles. The van der Waals surface area contributed by atoms with Crippen LogP contribution in [0.3, 0.4) is 0 Å². The first kappa shape index (κ1) is 15.0. The smallest absolute Gasteiger partial charge is 0.243 e. The molecule has 108 valence electrons. The van der Waals surface area contributed by atoms with E-state index in [2.05, 4.69) is 0 Å². The summed E-state index contributed by atoms with van der Waals surface area (Å²) in [6.45, 7) is 2.58. The number of aliphatic hydroxyl groups excluding tert-OH is 1. The Bertz CT molecular complexity index is 634. The van der Waals surface area contributed by atoms with E-state index in [-0.39, 0.29) is 17.4 Å². The number of sulfonamides is 1. The van der Waals surface area contributed by atoms with Gasteiger partial charge in [0.25, 0.3) is 0 Å². The third-order valence-electron chi connectivity index (χ3n) is 3.70. The quantitative estimate of drug-likeness (QED) is 0.910. The van der Waals surface area contributed by atoms with E-state index in [1.807, 2.05) is 6.07 Å². The topological polar surface area (TPSA) is 81.4 Å². The predicted molar refractivity (Wildman–Crippen MR) is 74.5 cm³/mol. The van der Waals surface area contributed by atoms with Crippen LogP contribution in [0, 0.1) is 24.2 Å². The lowest BCUT2D eigenvalue weighted by molar-refractivity contribution is 0.165. The van der Waals surface area contributed by atoms with Gasteiger partial charge in [0.2, 0.25) is 10.0 Å². The normalized spacial score (nSPS) is 20.6. The number of rotatable bonds is 3. The van der Waals surface area contributed by atoms with E-state index in [1.165, 1.54) is 22.5 Å². The van der Waals surface area contributed by atoms with E-state index < -0.39 is 10.0 Å². The molecule has 5 nitrogen and oxygen atoms in total. The zero-order valence-electron chi connectivity index (χ0n) is 11.4. The van der Waals surface area contributed by atoms with Crippen molar-refractivity contribution < 1.29 is 13.5 Å². The van der Waals surface area contributed by atoms with Crippen molar-refractivity contribution in [3.63, 3.8) is 0 Å². The van der Waals surface area contributed by atoms with Crippen LogP contribution in [0.5, 0.6) is 0 Å². The molecule has 0 aromatic heterocycles. The zero-order chi connectivity index (χ0) is 14.8. The third-order valence-corrected chi connectivity index (χ3v) is 5.56. The monoisotopic (exact) mass is 294 g/mol. The Morgan fingerprint density at radius 2 is 2.25 bits per heavy atom. The van der Waals surface area contributed by atoms with Crippen LogP contribution in [0.2, 0.25) is 0 Å². The Morgan fingerprint density at radius 3 is 2.85 bits per heavy atom. The Morgan fingerprint density at radius 1 is 1.50 bits per heavy atom. The molecule has 1 aromatic rings. The van der Waals surface area contributed by atoms with Crippen LogP contribution in [0.4, 0.5) is 0 Å². The molecular formula is C14H18N2O3S. The highest BCUT2D eigenvalue weighted by Crippen LogP contribution is 2.24. The molecule has 2 rings (SSSR count). The van der Waals surface area contributed by atoms with Gasteiger partial charge in [0, 0.05) is 19.7 Å². The highest BCUT2D eigenvalue weighted by Gasteiger charge is 2.30. The number of aryl methyl sites for hydroxylation is 1. The summed E-state index contributed by atoms with van der Waals surface area (Å²) in [6, 6.07) is 6.58. The van der Waals surface area contributed by atoms with Crippen molar-refractivity contribution >= 4 is 10.0 Å². The maximum Gasteiger partial charge on any atom is 0.243 e. The maximum absolute atomic E-state index is 12.6. The van der Waals surface area contributed by atoms with Gasteiger partial charge in [-0.15, -0.1) is 0 Å². The van der Waals surface area contributed by atoms with Gasteiger partial charge in [-0.2, -0.15) is 9.57 Å². The number of nitrogens with zero attached hydrogens (tertiary/aromatic N) is 2. The average Bonchev–Trinajstić information content (AvgIpc) is 2.47. The molecule has 0 amide bonds. The van der Waals surface area contributed by atoms with Gasteiger partial charge in [-0.3, -0.25) is 0 Å². The fourth-order valence-electron chi connectivity index (χ4n) is 2.47. The Hall–Kier alpha value is -1.42. The highest BCUT2D eigenvalue weighted by atomic mass is 32.2. The van der Waals surface area contributed by atoms with Gasteiger partial charge < -0.3 is 5.11 Å². The van der Waals surface area contributed by atoms with Crippen molar-refractivity contribution in [1.29, 1.82) is 5.26 Å². The zero-order valence-corrected chi connectivity index (χ0v) is 12.2. The second-order valence-corrected chi connectivity index (χ2v) is 7.08. The van der Waals surface area contributed by atoms with Crippen molar-refractivity contribution in [2.75, 3.05) is 19.7 Å². The van der Waals surface area contributed by atoms with Crippen LogP contribution in [-0.4, -0.2) is 37.5 Å². The molecule has 0 saturated carbocycles. The minimum absolute atomic E-state index is 0.0120. The molecular weight excluding hydrogens is 276 g/mol. The van der Waals surface area contributed by atoms with Gasteiger partial charge in [-0.05, 0) is 49.4 Å². The number of piperidine rings is 1. The van der Waals surface area contributed by atoms with Crippen molar-refractivity contribution in [1.82, 2.24) is 4.31 Å². The fraction of sp³-hybridized carbons (Fsp3) is 0.500. The highest BCUT2D eigenvalue weighted by molar-refractivity contribution is 7.89. The number of hydrogen-bond acceptors (Lipinski definition) is 4. The lowest BCUT2D eigenvalue weighted by Crippen LogP contribution is -2.40. The van der Waals surface area contributed by atoms with Crippen LogP contribution < -0.4 is 0 Å². The van der Waals surface area contributed by atoms with E-state index in [1.54, 1.807) is 6.92 Å². The second kappa shape index (κ2) is 5.92. The molecule has 1 aliphatic heterocycles. The van der Waals surface area contributed by atoms with E-state index in [0.717, 1.165) is 12.8 Å². The first-order chi connectivity index (χ1) is 9.48. The standard InChI is InChI=1S/C14H18N2O3S/c1-11-7-14(5-4-13(11)8-15)20(18,19)16-6-2-3-12(9-16)10-17/h4-5,7,12,17H,2-3,6,9-10H2,1H3. The summed E-state index contributed by atoms with van der Waals surface area (Å²) in [4.78, 5) is 0.215. The Kier molecular flexibility index (Phi) is 4.43.